The second-order valence-electron chi connectivity index (χ2n) is 4.81. The number of pyridine rings is 1. The Labute approximate surface area is 127 Å². The maximum Gasteiger partial charge on any atom is 0.200 e. The quantitative estimate of drug-likeness (QED) is 0.755. The van der Waals surface area contributed by atoms with Crippen LogP contribution in [0.5, 0.6) is 0 Å². The Balaban J connectivity index is 2.11. The summed E-state index contributed by atoms with van der Waals surface area (Å²) >= 11 is 5.35. The lowest BCUT2D eigenvalue weighted by Gasteiger charge is -2.13. The summed E-state index contributed by atoms with van der Waals surface area (Å²) in [5.41, 5.74) is 2.87. The Morgan fingerprint density at radius 1 is 1.10 bits per heavy atom. The molecule has 3 rings (SSSR count). The van der Waals surface area contributed by atoms with Crippen molar-refractivity contribution >= 4 is 17.9 Å². The molecule has 6 heteroatoms. The van der Waals surface area contributed by atoms with E-state index >= 15 is 0 Å². The number of hydrogen-bond donors (Lipinski definition) is 1. The van der Waals surface area contributed by atoms with Crippen molar-refractivity contribution in [3.63, 3.8) is 0 Å². The van der Waals surface area contributed by atoms with E-state index in [1.807, 2.05) is 61.1 Å². The molecule has 0 aliphatic rings. The molecule has 5 nitrogen and oxygen atoms in total. The van der Waals surface area contributed by atoms with Gasteiger partial charge in [-0.25, -0.2) is 0 Å². The number of anilines is 1. The summed E-state index contributed by atoms with van der Waals surface area (Å²) in [5.74, 6) is 0.707. The minimum Gasteiger partial charge on any atom is -0.378 e. The third kappa shape index (κ3) is 2.57. The lowest BCUT2D eigenvalue weighted by molar-refractivity contribution is 1.03. The number of rotatable bonds is 3. The molecule has 0 fully saturated rings. The minimum atomic E-state index is 0.549. The Morgan fingerprint density at radius 2 is 1.86 bits per heavy atom. The van der Waals surface area contributed by atoms with E-state index in [9.17, 15) is 0 Å². The maximum atomic E-state index is 5.35. The van der Waals surface area contributed by atoms with Crippen molar-refractivity contribution in [2.45, 2.75) is 0 Å². The molecule has 0 aliphatic carbocycles. The molecular formula is C15H15N5S. The van der Waals surface area contributed by atoms with E-state index in [1.54, 1.807) is 6.20 Å². The van der Waals surface area contributed by atoms with Gasteiger partial charge in [-0.05, 0) is 48.6 Å². The maximum absolute atomic E-state index is 5.35. The van der Waals surface area contributed by atoms with E-state index in [1.165, 1.54) is 0 Å². The Kier molecular flexibility index (Phi) is 3.53. The van der Waals surface area contributed by atoms with Gasteiger partial charge in [-0.15, -0.1) is 0 Å². The summed E-state index contributed by atoms with van der Waals surface area (Å²) < 4.78 is 2.44. The van der Waals surface area contributed by atoms with Crippen molar-refractivity contribution in [2.75, 3.05) is 19.0 Å². The Hall–Kier alpha value is -2.47. The minimum absolute atomic E-state index is 0.549. The van der Waals surface area contributed by atoms with E-state index in [0.29, 0.717) is 10.6 Å². The van der Waals surface area contributed by atoms with Crippen molar-refractivity contribution in [1.82, 2.24) is 19.7 Å². The van der Waals surface area contributed by atoms with Crippen molar-refractivity contribution < 1.29 is 0 Å². The largest absolute Gasteiger partial charge is 0.378 e. The molecule has 0 atom stereocenters. The number of benzene rings is 1. The highest BCUT2D eigenvalue weighted by atomic mass is 32.1. The predicted octanol–water partition coefficient (Wildman–Crippen LogP) is 3.06. The summed E-state index contributed by atoms with van der Waals surface area (Å²) in [4.78, 5) is 6.39. The highest BCUT2D eigenvalue weighted by Crippen LogP contribution is 2.21. The standard InChI is InChI=1S/C15H15N5S/c1-19(2)11-6-8-12(9-7-11)20-14(17-18-15(20)21)13-5-3-4-10-16-13/h3-10H,1-2H3,(H,18,21). The first-order valence-corrected chi connectivity index (χ1v) is 6.94. The van der Waals surface area contributed by atoms with Crippen LogP contribution in [0.25, 0.3) is 17.2 Å². The fraction of sp³-hybridized carbons (Fsp3) is 0.133. The molecule has 0 spiro atoms. The van der Waals surface area contributed by atoms with Crippen molar-refractivity contribution in [2.24, 2.45) is 0 Å². The highest BCUT2D eigenvalue weighted by Gasteiger charge is 2.11. The van der Waals surface area contributed by atoms with Gasteiger partial charge >= 0.3 is 0 Å². The monoisotopic (exact) mass is 297 g/mol. The molecule has 0 radical (unpaired) electrons. The van der Waals surface area contributed by atoms with Crippen LogP contribution in [0.3, 0.4) is 0 Å². The van der Waals surface area contributed by atoms with Crippen molar-refractivity contribution in [3.05, 3.63) is 53.4 Å². The third-order valence-electron chi connectivity index (χ3n) is 3.19. The molecule has 0 saturated heterocycles. The van der Waals surface area contributed by atoms with E-state index in [2.05, 4.69) is 20.1 Å². The molecule has 0 bridgehead atoms. The summed E-state index contributed by atoms with van der Waals surface area (Å²) in [6.45, 7) is 0. The molecule has 21 heavy (non-hydrogen) atoms. The number of aromatic nitrogens is 4. The number of hydrogen-bond acceptors (Lipinski definition) is 4. The highest BCUT2D eigenvalue weighted by molar-refractivity contribution is 7.71. The van der Waals surface area contributed by atoms with E-state index < -0.39 is 0 Å². The molecule has 0 aliphatic heterocycles. The molecule has 3 aromatic rings. The van der Waals surface area contributed by atoms with Crippen LogP contribution in [0.2, 0.25) is 0 Å². The summed E-state index contributed by atoms with van der Waals surface area (Å²) in [7, 11) is 4.02. The molecule has 106 valence electrons. The predicted molar refractivity (Wildman–Crippen MR) is 86.3 cm³/mol. The van der Waals surface area contributed by atoms with Gasteiger partial charge in [0.15, 0.2) is 10.6 Å². The van der Waals surface area contributed by atoms with Crippen LogP contribution in [-0.4, -0.2) is 33.8 Å². The first-order valence-electron chi connectivity index (χ1n) is 6.53. The van der Waals surface area contributed by atoms with E-state index in [-0.39, 0.29) is 0 Å². The fourth-order valence-corrected chi connectivity index (χ4v) is 2.34. The SMILES string of the molecule is CN(C)c1ccc(-n2c(-c3ccccn3)n[nH]c2=S)cc1. The van der Waals surface area contributed by atoms with Crippen molar-refractivity contribution in [3.8, 4) is 17.2 Å². The fourth-order valence-electron chi connectivity index (χ4n) is 2.10. The topological polar surface area (TPSA) is 49.7 Å². The average Bonchev–Trinajstić information content (AvgIpc) is 2.90. The molecule has 2 heterocycles. The molecule has 0 saturated carbocycles. The van der Waals surface area contributed by atoms with Crippen LogP contribution in [-0.2, 0) is 0 Å². The normalized spacial score (nSPS) is 10.6. The number of nitrogens with zero attached hydrogens (tertiary/aromatic N) is 4. The number of aromatic amines is 1. The third-order valence-corrected chi connectivity index (χ3v) is 3.46. The smallest absolute Gasteiger partial charge is 0.200 e. The van der Waals surface area contributed by atoms with Gasteiger partial charge in [0.25, 0.3) is 0 Å². The van der Waals surface area contributed by atoms with Gasteiger partial charge in [-0.3, -0.25) is 14.6 Å². The van der Waals surface area contributed by atoms with Crippen molar-refractivity contribution in [1.29, 1.82) is 0 Å². The van der Waals surface area contributed by atoms with E-state index in [4.69, 9.17) is 12.2 Å². The zero-order valence-electron chi connectivity index (χ0n) is 11.8. The van der Waals surface area contributed by atoms with Crippen LogP contribution in [0.4, 0.5) is 5.69 Å². The average molecular weight is 297 g/mol. The molecule has 1 aromatic carbocycles. The summed E-state index contributed by atoms with van der Waals surface area (Å²) in [5, 5.41) is 7.13. The molecule has 1 N–H and O–H groups in total. The van der Waals surface area contributed by atoms with Gasteiger partial charge in [0.2, 0.25) is 0 Å². The second kappa shape index (κ2) is 5.49. The van der Waals surface area contributed by atoms with Gasteiger partial charge in [0.1, 0.15) is 5.69 Å². The van der Waals surface area contributed by atoms with E-state index in [0.717, 1.165) is 17.1 Å². The lowest BCUT2D eigenvalue weighted by Crippen LogP contribution is -2.08. The molecule has 0 amide bonds. The van der Waals surface area contributed by atoms with Gasteiger partial charge in [-0.1, -0.05) is 6.07 Å². The lowest BCUT2D eigenvalue weighted by atomic mass is 10.2. The Morgan fingerprint density at radius 3 is 2.48 bits per heavy atom. The van der Waals surface area contributed by atoms with Crippen LogP contribution in [0, 0.1) is 4.77 Å². The van der Waals surface area contributed by atoms with Crippen LogP contribution < -0.4 is 4.90 Å². The van der Waals surface area contributed by atoms with Gasteiger partial charge < -0.3 is 4.90 Å². The summed E-state index contributed by atoms with van der Waals surface area (Å²) in [6.07, 6.45) is 1.74. The zero-order valence-corrected chi connectivity index (χ0v) is 12.6. The molecule has 0 unspecified atom stereocenters. The first-order chi connectivity index (χ1) is 10.2. The van der Waals surface area contributed by atoms with Crippen LogP contribution >= 0.6 is 12.2 Å². The van der Waals surface area contributed by atoms with Crippen LogP contribution in [0.15, 0.2) is 48.7 Å². The first kappa shape index (κ1) is 13.5. The molecular weight excluding hydrogens is 282 g/mol. The number of nitrogens with one attached hydrogen (secondary N) is 1. The number of H-pyrrole nitrogens is 1. The van der Waals surface area contributed by atoms with Crippen LogP contribution in [0.1, 0.15) is 0 Å². The van der Waals surface area contributed by atoms with Gasteiger partial charge in [0.05, 0.1) is 5.69 Å². The van der Waals surface area contributed by atoms with Gasteiger partial charge in [0, 0.05) is 26.0 Å². The molecule has 2 aromatic heterocycles. The Bertz CT molecular complexity index is 787. The zero-order chi connectivity index (χ0) is 14.8. The second-order valence-corrected chi connectivity index (χ2v) is 5.20. The summed E-state index contributed by atoms with van der Waals surface area (Å²) in [6, 6.07) is 13.9. The van der Waals surface area contributed by atoms with Gasteiger partial charge in [-0.2, -0.15) is 5.10 Å².